The second kappa shape index (κ2) is 6.48. The summed E-state index contributed by atoms with van der Waals surface area (Å²) in [6.07, 6.45) is 2.80. The standard InChI is InChI=1S/C15H23NO3S/c1-3-10-20(17,18)11-9-19-14-6-4-5-13-8-7-12(2)16-15(13)14/h4-6,12,16H,3,7-11H2,1-2H3. The van der Waals surface area contributed by atoms with Crippen LogP contribution >= 0.6 is 0 Å². The van der Waals surface area contributed by atoms with Crippen molar-refractivity contribution in [2.45, 2.75) is 39.2 Å². The van der Waals surface area contributed by atoms with E-state index in [2.05, 4.69) is 18.3 Å². The molecule has 4 nitrogen and oxygen atoms in total. The molecule has 2 rings (SSSR count). The van der Waals surface area contributed by atoms with E-state index in [0.717, 1.165) is 24.3 Å². The third kappa shape index (κ3) is 3.88. The number of sulfone groups is 1. The van der Waals surface area contributed by atoms with Crippen LogP contribution in [-0.2, 0) is 16.3 Å². The van der Waals surface area contributed by atoms with Crippen LogP contribution < -0.4 is 10.1 Å². The second-order valence-electron chi connectivity index (χ2n) is 5.37. The third-order valence-electron chi connectivity index (χ3n) is 3.52. The SMILES string of the molecule is CCCS(=O)(=O)CCOc1cccc2c1NC(C)CC2. The first-order valence-electron chi connectivity index (χ1n) is 7.23. The first-order valence-corrected chi connectivity index (χ1v) is 9.05. The van der Waals surface area contributed by atoms with E-state index in [9.17, 15) is 8.42 Å². The molecule has 0 bridgehead atoms. The Hall–Kier alpha value is -1.23. The van der Waals surface area contributed by atoms with Crippen LogP contribution in [0.5, 0.6) is 5.75 Å². The van der Waals surface area contributed by atoms with Gasteiger partial charge in [-0.2, -0.15) is 0 Å². The first-order chi connectivity index (χ1) is 9.52. The zero-order valence-electron chi connectivity index (χ0n) is 12.2. The van der Waals surface area contributed by atoms with Crippen molar-refractivity contribution in [2.24, 2.45) is 0 Å². The van der Waals surface area contributed by atoms with Gasteiger partial charge >= 0.3 is 0 Å². The molecule has 1 N–H and O–H groups in total. The molecular weight excluding hydrogens is 274 g/mol. The number of para-hydroxylation sites is 1. The lowest BCUT2D eigenvalue weighted by Gasteiger charge is -2.26. The summed E-state index contributed by atoms with van der Waals surface area (Å²) in [5.74, 6) is 1.08. The van der Waals surface area contributed by atoms with Crippen LogP contribution in [0.25, 0.3) is 0 Å². The van der Waals surface area contributed by atoms with Gasteiger partial charge in [-0.15, -0.1) is 0 Å². The number of rotatable bonds is 6. The van der Waals surface area contributed by atoms with E-state index in [1.807, 2.05) is 19.1 Å². The molecule has 1 aromatic rings. The fraction of sp³-hybridized carbons (Fsp3) is 0.600. The topological polar surface area (TPSA) is 55.4 Å². The molecule has 0 saturated heterocycles. The number of hydrogen-bond donors (Lipinski definition) is 1. The molecule has 1 aromatic carbocycles. The minimum absolute atomic E-state index is 0.0834. The van der Waals surface area contributed by atoms with Crippen molar-refractivity contribution in [3.05, 3.63) is 23.8 Å². The lowest BCUT2D eigenvalue weighted by Crippen LogP contribution is -2.23. The van der Waals surface area contributed by atoms with Crippen LogP contribution in [-0.4, -0.2) is 32.6 Å². The smallest absolute Gasteiger partial charge is 0.153 e. The third-order valence-corrected chi connectivity index (χ3v) is 5.34. The van der Waals surface area contributed by atoms with Crippen LogP contribution in [0.1, 0.15) is 32.3 Å². The molecule has 0 fully saturated rings. The van der Waals surface area contributed by atoms with Gasteiger partial charge in [0.2, 0.25) is 0 Å². The van der Waals surface area contributed by atoms with Gasteiger partial charge in [0, 0.05) is 6.04 Å². The summed E-state index contributed by atoms with van der Waals surface area (Å²) < 4.78 is 29.0. The summed E-state index contributed by atoms with van der Waals surface area (Å²) in [5, 5.41) is 3.43. The molecule has 1 heterocycles. The minimum Gasteiger partial charge on any atom is -0.490 e. The van der Waals surface area contributed by atoms with Gasteiger partial charge in [-0.3, -0.25) is 0 Å². The summed E-state index contributed by atoms with van der Waals surface area (Å²) in [6, 6.07) is 6.38. The maximum absolute atomic E-state index is 11.7. The average molecular weight is 297 g/mol. The Bertz CT molecular complexity index is 554. The molecule has 0 aromatic heterocycles. The maximum atomic E-state index is 11.7. The molecule has 0 radical (unpaired) electrons. The minimum atomic E-state index is -2.98. The molecule has 5 heteroatoms. The number of aryl methyl sites for hydroxylation is 1. The molecule has 1 unspecified atom stereocenters. The molecule has 1 aliphatic heterocycles. The van der Waals surface area contributed by atoms with Gasteiger partial charge in [-0.05, 0) is 37.8 Å². The fourth-order valence-electron chi connectivity index (χ4n) is 2.45. The number of ether oxygens (including phenoxy) is 1. The molecule has 112 valence electrons. The summed E-state index contributed by atoms with van der Waals surface area (Å²) in [4.78, 5) is 0. The molecular formula is C15H23NO3S. The molecule has 1 atom stereocenters. The number of fused-ring (bicyclic) bond motifs is 1. The van der Waals surface area contributed by atoms with Crippen LogP contribution in [0.15, 0.2) is 18.2 Å². The Morgan fingerprint density at radius 3 is 2.90 bits per heavy atom. The fourth-order valence-corrected chi connectivity index (χ4v) is 3.61. The zero-order chi connectivity index (χ0) is 14.6. The zero-order valence-corrected chi connectivity index (χ0v) is 13.0. The lowest BCUT2D eigenvalue weighted by molar-refractivity contribution is 0.341. The van der Waals surface area contributed by atoms with Crippen molar-refractivity contribution in [2.75, 3.05) is 23.4 Å². The Kier molecular flexibility index (Phi) is 4.91. The Labute approximate surface area is 121 Å². The van der Waals surface area contributed by atoms with E-state index in [0.29, 0.717) is 12.5 Å². The predicted molar refractivity (Wildman–Crippen MR) is 82.3 cm³/mol. The number of hydrogen-bond acceptors (Lipinski definition) is 4. The van der Waals surface area contributed by atoms with Gasteiger partial charge in [0.05, 0.1) is 17.2 Å². The van der Waals surface area contributed by atoms with Gasteiger partial charge in [0.1, 0.15) is 12.4 Å². The van der Waals surface area contributed by atoms with Crippen molar-refractivity contribution < 1.29 is 13.2 Å². The highest BCUT2D eigenvalue weighted by atomic mass is 32.2. The van der Waals surface area contributed by atoms with E-state index in [1.165, 1.54) is 5.56 Å². The molecule has 20 heavy (non-hydrogen) atoms. The summed E-state index contributed by atoms with van der Waals surface area (Å²) >= 11 is 0. The Balaban J connectivity index is 2.00. The van der Waals surface area contributed by atoms with E-state index in [4.69, 9.17) is 4.74 Å². The van der Waals surface area contributed by atoms with Crippen molar-refractivity contribution in [1.29, 1.82) is 0 Å². The first kappa shape index (κ1) is 15.2. The van der Waals surface area contributed by atoms with Gasteiger partial charge < -0.3 is 10.1 Å². The second-order valence-corrected chi connectivity index (χ2v) is 7.68. The van der Waals surface area contributed by atoms with Crippen LogP contribution in [0.2, 0.25) is 0 Å². The number of nitrogens with one attached hydrogen (secondary N) is 1. The Morgan fingerprint density at radius 2 is 2.15 bits per heavy atom. The molecule has 0 spiro atoms. The molecule has 0 amide bonds. The highest BCUT2D eigenvalue weighted by molar-refractivity contribution is 7.91. The largest absolute Gasteiger partial charge is 0.490 e. The van der Waals surface area contributed by atoms with Crippen LogP contribution in [0.4, 0.5) is 5.69 Å². The van der Waals surface area contributed by atoms with E-state index < -0.39 is 9.84 Å². The number of anilines is 1. The van der Waals surface area contributed by atoms with Crippen LogP contribution in [0, 0.1) is 0 Å². The lowest BCUT2D eigenvalue weighted by atomic mass is 9.98. The highest BCUT2D eigenvalue weighted by Crippen LogP contribution is 2.33. The van der Waals surface area contributed by atoms with E-state index in [-0.39, 0.29) is 18.1 Å². The predicted octanol–water partition coefficient (Wildman–Crippen LogP) is 2.64. The van der Waals surface area contributed by atoms with Crippen molar-refractivity contribution >= 4 is 15.5 Å². The molecule has 1 aliphatic rings. The molecule has 0 aliphatic carbocycles. The number of benzene rings is 1. The van der Waals surface area contributed by atoms with Gasteiger partial charge in [-0.25, -0.2) is 8.42 Å². The van der Waals surface area contributed by atoms with Crippen molar-refractivity contribution in [1.82, 2.24) is 0 Å². The summed E-state index contributed by atoms with van der Waals surface area (Å²) in [5.41, 5.74) is 2.27. The quantitative estimate of drug-likeness (QED) is 0.877. The maximum Gasteiger partial charge on any atom is 0.153 e. The van der Waals surface area contributed by atoms with E-state index >= 15 is 0 Å². The van der Waals surface area contributed by atoms with E-state index in [1.54, 1.807) is 0 Å². The van der Waals surface area contributed by atoms with Crippen LogP contribution in [0.3, 0.4) is 0 Å². The van der Waals surface area contributed by atoms with Gasteiger partial charge in [0.15, 0.2) is 9.84 Å². The van der Waals surface area contributed by atoms with Crippen molar-refractivity contribution in [3.63, 3.8) is 0 Å². The monoisotopic (exact) mass is 297 g/mol. The Morgan fingerprint density at radius 1 is 1.35 bits per heavy atom. The summed E-state index contributed by atoms with van der Waals surface area (Å²) in [6.45, 7) is 4.23. The molecule has 0 saturated carbocycles. The average Bonchev–Trinajstić information content (AvgIpc) is 2.39. The van der Waals surface area contributed by atoms with Gasteiger partial charge in [-0.1, -0.05) is 19.1 Å². The summed E-state index contributed by atoms with van der Waals surface area (Å²) in [7, 11) is -2.98. The highest BCUT2D eigenvalue weighted by Gasteiger charge is 2.18. The van der Waals surface area contributed by atoms with Gasteiger partial charge in [0.25, 0.3) is 0 Å². The van der Waals surface area contributed by atoms with Crippen molar-refractivity contribution in [3.8, 4) is 5.75 Å². The normalized spacial score (nSPS) is 18.2.